The molecule has 24 heavy (non-hydrogen) atoms. The van der Waals surface area contributed by atoms with Crippen molar-refractivity contribution < 1.29 is 22.4 Å². The number of benzene rings is 1. The predicted octanol–water partition coefficient (Wildman–Crippen LogP) is 3.80. The fourth-order valence-electron chi connectivity index (χ4n) is 2.47. The van der Waals surface area contributed by atoms with E-state index in [1.54, 1.807) is 12.3 Å². The van der Waals surface area contributed by atoms with E-state index in [9.17, 15) is 22.4 Å². The van der Waals surface area contributed by atoms with Crippen molar-refractivity contribution in [3.63, 3.8) is 0 Å². The number of hydrogen-bond acceptors (Lipinski definition) is 3. The van der Waals surface area contributed by atoms with Crippen LogP contribution in [-0.2, 0) is 17.5 Å². The van der Waals surface area contributed by atoms with E-state index in [0.29, 0.717) is 17.6 Å². The van der Waals surface area contributed by atoms with Gasteiger partial charge in [-0.15, -0.1) is 0 Å². The van der Waals surface area contributed by atoms with E-state index in [4.69, 9.17) is 0 Å². The Morgan fingerprint density at radius 2 is 2.04 bits per heavy atom. The molecular formula is C15H10F4IN3O. The van der Waals surface area contributed by atoms with E-state index in [0.717, 1.165) is 15.7 Å². The Labute approximate surface area is 148 Å². The van der Waals surface area contributed by atoms with Gasteiger partial charge in [-0.25, -0.2) is 9.37 Å². The molecule has 0 fully saturated rings. The summed E-state index contributed by atoms with van der Waals surface area (Å²) in [6.45, 7) is -0.473. The van der Waals surface area contributed by atoms with Gasteiger partial charge in [-0.05, 0) is 52.4 Å². The third kappa shape index (κ3) is 3.30. The lowest BCUT2D eigenvalue weighted by atomic mass is 10.1. The fourth-order valence-corrected chi connectivity index (χ4v) is 2.91. The molecule has 3 rings (SSSR count). The minimum Gasteiger partial charge on any atom is -0.359 e. The Morgan fingerprint density at radius 3 is 2.75 bits per heavy atom. The lowest BCUT2D eigenvalue weighted by molar-refractivity contribution is -0.138. The SMILES string of the molecule is O=C1CNc2ncc(I)cc2N1Cc1cc(F)ccc1C(F)(F)F. The number of aromatic nitrogens is 1. The second kappa shape index (κ2) is 6.19. The first kappa shape index (κ1) is 16.9. The van der Waals surface area contributed by atoms with E-state index in [-0.39, 0.29) is 18.7 Å². The summed E-state index contributed by atoms with van der Waals surface area (Å²) < 4.78 is 53.6. The third-order valence-corrected chi connectivity index (χ3v) is 4.12. The van der Waals surface area contributed by atoms with Crippen LogP contribution in [0, 0.1) is 9.39 Å². The molecule has 0 aliphatic carbocycles. The molecule has 1 amide bonds. The summed E-state index contributed by atoms with van der Waals surface area (Å²) in [5.41, 5.74) is -0.895. The summed E-state index contributed by atoms with van der Waals surface area (Å²) in [7, 11) is 0. The average molecular weight is 451 g/mol. The molecule has 0 spiro atoms. The molecule has 0 bridgehead atoms. The van der Waals surface area contributed by atoms with Crippen LogP contribution < -0.4 is 10.2 Å². The van der Waals surface area contributed by atoms with E-state index < -0.39 is 23.5 Å². The van der Waals surface area contributed by atoms with Crippen LogP contribution in [0.5, 0.6) is 0 Å². The van der Waals surface area contributed by atoms with Crippen LogP contribution in [0.25, 0.3) is 0 Å². The highest BCUT2D eigenvalue weighted by atomic mass is 127. The number of pyridine rings is 1. The van der Waals surface area contributed by atoms with E-state index in [1.807, 2.05) is 22.6 Å². The number of carbonyl (C=O) groups is 1. The number of nitrogens with one attached hydrogen (secondary N) is 1. The second-order valence-corrected chi connectivity index (χ2v) is 6.40. The van der Waals surface area contributed by atoms with Crippen LogP contribution in [0.2, 0.25) is 0 Å². The van der Waals surface area contributed by atoms with Crippen molar-refractivity contribution in [2.24, 2.45) is 0 Å². The minimum absolute atomic E-state index is 0.0861. The van der Waals surface area contributed by atoms with Gasteiger partial charge in [0.1, 0.15) is 5.82 Å². The Kier molecular flexibility index (Phi) is 4.37. The van der Waals surface area contributed by atoms with Crippen molar-refractivity contribution in [2.45, 2.75) is 12.7 Å². The predicted molar refractivity (Wildman–Crippen MR) is 88.0 cm³/mol. The number of rotatable bonds is 2. The lowest BCUT2D eigenvalue weighted by Crippen LogP contribution is -2.40. The zero-order valence-corrected chi connectivity index (χ0v) is 14.2. The van der Waals surface area contributed by atoms with Crippen LogP contribution in [0.1, 0.15) is 11.1 Å². The number of carbonyl (C=O) groups excluding carboxylic acids is 1. The highest BCUT2D eigenvalue weighted by Crippen LogP contribution is 2.35. The Balaban J connectivity index is 2.05. The first-order chi connectivity index (χ1) is 11.3. The maximum Gasteiger partial charge on any atom is 0.416 e. The molecule has 0 saturated heterocycles. The van der Waals surface area contributed by atoms with Gasteiger partial charge in [0.2, 0.25) is 5.91 Å². The largest absolute Gasteiger partial charge is 0.416 e. The van der Waals surface area contributed by atoms with Crippen molar-refractivity contribution in [2.75, 3.05) is 16.8 Å². The molecule has 1 aliphatic rings. The van der Waals surface area contributed by atoms with Crippen molar-refractivity contribution in [3.8, 4) is 0 Å². The molecule has 2 aromatic rings. The van der Waals surface area contributed by atoms with Gasteiger partial charge in [0.25, 0.3) is 0 Å². The summed E-state index contributed by atoms with van der Waals surface area (Å²) >= 11 is 1.99. The number of hydrogen-bond donors (Lipinski definition) is 1. The van der Waals surface area contributed by atoms with Crippen LogP contribution >= 0.6 is 22.6 Å². The molecule has 2 heterocycles. The Bertz CT molecular complexity index is 810. The summed E-state index contributed by atoms with van der Waals surface area (Å²) in [5, 5.41) is 2.81. The van der Waals surface area contributed by atoms with E-state index >= 15 is 0 Å². The first-order valence-corrected chi connectivity index (χ1v) is 7.89. The molecule has 0 unspecified atom stereocenters. The van der Waals surface area contributed by atoms with E-state index in [1.165, 1.54) is 4.90 Å². The number of alkyl halides is 3. The van der Waals surface area contributed by atoms with Gasteiger partial charge >= 0.3 is 6.18 Å². The minimum atomic E-state index is -4.63. The summed E-state index contributed by atoms with van der Waals surface area (Å²) in [6.07, 6.45) is -3.06. The molecule has 1 N–H and O–H groups in total. The topological polar surface area (TPSA) is 45.2 Å². The van der Waals surface area contributed by atoms with Gasteiger partial charge in [0.15, 0.2) is 5.82 Å². The number of nitrogens with zero attached hydrogens (tertiary/aromatic N) is 2. The van der Waals surface area contributed by atoms with E-state index in [2.05, 4.69) is 10.3 Å². The quantitative estimate of drug-likeness (QED) is 0.559. The first-order valence-electron chi connectivity index (χ1n) is 6.81. The van der Waals surface area contributed by atoms with Crippen LogP contribution in [0.3, 0.4) is 0 Å². The third-order valence-electron chi connectivity index (χ3n) is 3.53. The molecule has 1 aliphatic heterocycles. The van der Waals surface area contributed by atoms with Crippen molar-refractivity contribution in [1.29, 1.82) is 0 Å². The fraction of sp³-hybridized carbons (Fsp3) is 0.200. The monoisotopic (exact) mass is 451 g/mol. The molecule has 0 atom stereocenters. The van der Waals surface area contributed by atoms with Crippen LogP contribution in [0.4, 0.5) is 29.1 Å². The van der Waals surface area contributed by atoms with Crippen molar-refractivity contribution >= 4 is 40.0 Å². The number of anilines is 2. The molecule has 126 valence electrons. The van der Waals surface area contributed by atoms with Gasteiger partial charge in [-0.1, -0.05) is 0 Å². The number of amides is 1. The van der Waals surface area contributed by atoms with Crippen molar-refractivity contribution in [1.82, 2.24) is 4.98 Å². The van der Waals surface area contributed by atoms with Gasteiger partial charge < -0.3 is 10.2 Å². The van der Waals surface area contributed by atoms with Gasteiger partial charge in [0.05, 0.1) is 24.3 Å². The molecule has 0 saturated carbocycles. The average Bonchev–Trinajstić information content (AvgIpc) is 2.49. The maximum atomic E-state index is 13.5. The highest BCUT2D eigenvalue weighted by molar-refractivity contribution is 14.1. The number of halogens is 5. The lowest BCUT2D eigenvalue weighted by Gasteiger charge is -2.30. The molecule has 0 radical (unpaired) electrons. The molecule has 1 aromatic heterocycles. The number of fused-ring (bicyclic) bond motifs is 1. The second-order valence-electron chi connectivity index (χ2n) is 5.15. The van der Waals surface area contributed by atoms with Crippen LogP contribution in [-0.4, -0.2) is 17.4 Å². The standard InChI is InChI=1S/C15H10F4IN3O/c16-9-1-2-11(15(17,18)19)8(3-9)7-23-12-4-10(20)5-21-14(12)22-6-13(23)24/h1-5H,6-7H2,(H,21,22). The zero-order valence-electron chi connectivity index (χ0n) is 12.0. The summed E-state index contributed by atoms with van der Waals surface area (Å²) in [6, 6.07) is 3.88. The maximum absolute atomic E-state index is 13.5. The molecule has 4 nitrogen and oxygen atoms in total. The Hall–Kier alpha value is -1.91. The van der Waals surface area contributed by atoms with Gasteiger partial charge in [0, 0.05) is 9.77 Å². The van der Waals surface area contributed by atoms with Gasteiger partial charge in [-0.3, -0.25) is 4.79 Å². The molecular weight excluding hydrogens is 441 g/mol. The molecule has 1 aromatic carbocycles. The summed E-state index contributed by atoms with van der Waals surface area (Å²) in [5.74, 6) is -0.801. The van der Waals surface area contributed by atoms with Crippen molar-refractivity contribution in [3.05, 3.63) is 51.0 Å². The smallest absolute Gasteiger partial charge is 0.359 e. The normalized spacial score (nSPS) is 14.4. The Morgan fingerprint density at radius 1 is 1.29 bits per heavy atom. The van der Waals surface area contributed by atoms with Crippen LogP contribution in [0.15, 0.2) is 30.5 Å². The summed E-state index contributed by atoms with van der Waals surface area (Å²) in [4.78, 5) is 17.5. The molecule has 9 heteroatoms. The zero-order chi connectivity index (χ0) is 17.5. The van der Waals surface area contributed by atoms with Gasteiger partial charge in [-0.2, -0.15) is 13.2 Å². The highest BCUT2D eigenvalue weighted by Gasteiger charge is 2.35.